The van der Waals surface area contributed by atoms with E-state index in [9.17, 15) is 8.42 Å². The van der Waals surface area contributed by atoms with Crippen molar-refractivity contribution in [1.82, 2.24) is 4.98 Å². The maximum Gasteiger partial charge on any atom is 0.238 e. The van der Waals surface area contributed by atoms with E-state index in [2.05, 4.69) is 10.3 Å². The molecule has 0 aliphatic rings. The van der Waals surface area contributed by atoms with Gasteiger partial charge >= 0.3 is 0 Å². The van der Waals surface area contributed by atoms with E-state index >= 15 is 0 Å². The fourth-order valence-electron chi connectivity index (χ4n) is 1.61. The normalized spacial score (nSPS) is 11.1. The van der Waals surface area contributed by atoms with Gasteiger partial charge in [0.2, 0.25) is 10.0 Å². The van der Waals surface area contributed by atoms with E-state index in [1.165, 1.54) is 23.5 Å². The van der Waals surface area contributed by atoms with Crippen LogP contribution in [-0.4, -0.2) is 19.9 Å². The van der Waals surface area contributed by atoms with Crippen LogP contribution in [0.5, 0.6) is 0 Å². The van der Waals surface area contributed by atoms with Crippen LogP contribution >= 0.6 is 22.9 Å². The second kappa shape index (κ2) is 6.41. The summed E-state index contributed by atoms with van der Waals surface area (Å²) in [6.07, 6.45) is 0.671. The van der Waals surface area contributed by atoms with Crippen LogP contribution in [-0.2, 0) is 16.4 Å². The Balaban J connectivity index is 1.93. The number of aromatic nitrogens is 1. The number of halogens is 1. The smallest absolute Gasteiger partial charge is 0.238 e. The molecule has 1 heterocycles. The number of rotatable bonds is 5. The van der Waals surface area contributed by atoms with Gasteiger partial charge in [-0.15, -0.1) is 0 Å². The SMILES string of the molecule is N#Cc1sc(NCCc2ccc(S(N)(=O)=O)cc2)nc1Cl. The maximum absolute atomic E-state index is 11.1. The molecule has 0 amide bonds. The van der Waals surface area contributed by atoms with E-state index in [4.69, 9.17) is 22.0 Å². The van der Waals surface area contributed by atoms with Crippen LogP contribution in [0.15, 0.2) is 29.2 Å². The molecule has 21 heavy (non-hydrogen) atoms. The number of primary sulfonamides is 1. The van der Waals surface area contributed by atoms with Crippen LogP contribution in [0.1, 0.15) is 10.4 Å². The molecule has 2 rings (SSSR count). The van der Waals surface area contributed by atoms with Crippen molar-refractivity contribution >= 4 is 38.1 Å². The molecule has 0 radical (unpaired) electrons. The molecule has 0 saturated carbocycles. The van der Waals surface area contributed by atoms with Crippen molar-refractivity contribution in [3.63, 3.8) is 0 Å². The monoisotopic (exact) mass is 342 g/mol. The van der Waals surface area contributed by atoms with Crippen LogP contribution in [0.3, 0.4) is 0 Å². The number of nitrogens with zero attached hydrogens (tertiary/aromatic N) is 2. The van der Waals surface area contributed by atoms with E-state index in [-0.39, 0.29) is 10.0 Å². The van der Waals surface area contributed by atoms with Crippen LogP contribution < -0.4 is 10.5 Å². The van der Waals surface area contributed by atoms with Crippen LogP contribution in [0.4, 0.5) is 5.13 Å². The summed E-state index contributed by atoms with van der Waals surface area (Å²) in [7, 11) is -3.66. The summed E-state index contributed by atoms with van der Waals surface area (Å²) < 4.78 is 22.3. The van der Waals surface area contributed by atoms with Gasteiger partial charge in [-0.25, -0.2) is 18.5 Å². The third kappa shape index (κ3) is 4.15. The summed E-state index contributed by atoms with van der Waals surface area (Å²) in [4.78, 5) is 4.47. The molecule has 110 valence electrons. The largest absolute Gasteiger partial charge is 0.361 e. The highest BCUT2D eigenvalue weighted by molar-refractivity contribution is 7.89. The number of nitrogens with one attached hydrogen (secondary N) is 1. The Labute approximate surface area is 131 Å². The Kier molecular flexibility index (Phi) is 4.80. The predicted octanol–water partition coefficient (Wildman–Crippen LogP) is 1.97. The van der Waals surface area contributed by atoms with E-state index < -0.39 is 10.0 Å². The molecule has 1 aromatic heterocycles. The molecule has 0 atom stereocenters. The van der Waals surface area contributed by atoms with Crippen LogP contribution in [0, 0.1) is 11.3 Å². The first kappa shape index (κ1) is 15.7. The Bertz CT molecular complexity index is 779. The molecule has 0 bridgehead atoms. The average Bonchev–Trinajstić information content (AvgIpc) is 2.79. The van der Waals surface area contributed by atoms with Gasteiger partial charge < -0.3 is 5.32 Å². The van der Waals surface area contributed by atoms with Gasteiger partial charge in [-0.05, 0) is 24.1 Å². The predicted molar refractivity (Wildman–Crippen MR) is 81.8 cm³/mol. The maximum atomic E-state index is 11.1. The van der Waals surface area contributed by atoms with Crippen molar-refractivity contribution in [1.29, 1.82) is 5.26 Å². The van der Waals surface area contributed by atoms with Gasteiger partial charge in [-0.3, -0.25) is 0 Å². The first-order valence-corrected chi connectivity index (χ1v) is 8.56. The average molecular weight is 343 g/mol. The van der Waals surface area contributed by atoms with Crippen molar-refractivity contribution in [2.24, 2.45) is 5.14 Å². The fourth-order valence-corrected chi connectivity index (χ4v) is 3.09. The Morgan fingerprint density at radius 2 is 2.05 bits per heavy atom. The third-order valence-corrected chi connectivity index (χ3v) is 4.86. The van der Waals surface area contributed by atoms with Gasteiger partial charge in [0.1, 0.15) is 10.9 Å². The Hall–Kier alpha value is -1.66. The summed E-state index contributed by atoms with van der Waals surface area (Å²) in [6, 6.07) is 8.31. The van der Waals surface area contributed by atoms with Gasteiger partial charge in [-0.1, -0.05) is 35.1 Å². The van der Waals surface area contributed by atoms with E-state index in [0.717, 1.165) is 5.56 Å². The molecular weight excluding hydrogens is 332 g/mol. The van der Waals surface area contributed by atoms with Crippen LogP contribution in [0.2, 0.25) is 5.15 Å². The minimum Gasteiger partial charge on any atom is -0.361 e. The first-order valence-electron chi connectivity index (χ1n) is 5.82. The Morgan fingerprint density at radius 1 is 1.38 bits per heavy atom. The summed E-state index contributed by atoms with van der Waals surface area (Å²) in [5.41, 5.74) is 0.957. The molecule has 9 heteroatoms. The van der Waals surface area contributed by atoms with E-state index in [1.807, 2.05) is 6.07 Å². The molecule has 0 aliphatic carbocycles. The number of anilines is 1. The lowest BCUT2D eigenvalue weighted by atomic mass is 10.1. The lowest BCUT2D eigenvalue weighted by Gasteiger charge is -2.04. The molecule has 6 nitrogen and oxygen atoms in total. The zero-order chi connectivity index (χ0) is 15.5. The molecule has 0 fully saturated rings. The number of nitriles is 1. The highest BCUT2D eigenvalue weighted by Crippen LogP contribution is 2.25. The molecule has 0 unspecified atom stereocenters. The second-order valence-corrected chi connectivity index (χ2v) is 7.03. The molecule has 0 spiro atoms. The van der Waals surface area contributed by atoms with Crippen molar-refractivity contribution in [2.75, 3.05) is 11.9 Å². The van der Waals surface area contributed by atoms with Gasteiger partial charge in [0.25, 0.3) is 0 Å². The van der Waals surface area contributed by atoms with Gasteiger partial charge in [0.15, 0.2) is 10.3 Å². The zero-order valence-corrected chi connectivity index (χ0v) is 13.1. The molecule has 2 aromatic rings. The fraction of sp³-hybridized carbons (Fsp3) is 0.167. The van der Waals surface area contributed by atoms with Crippen molar-refractivity contribution < 1.29 is 8.42 Å². The van der Waals surface area contributed by atoms with E-state index in [1.54, 1.807) is 12.1 Å². The van der Waals surface area contributed by atoms with Crippen molar-refractivity contribution in [3.05, 3.63) is 39.9 Å². The van der Waals surface area contributed by atoms with Gasteiger partial charge in [0, 0.05) is 6.54 Å². The Morgan fingerprint density at radius 3 is 2.57 bits per heavy atom. The lowest BCUT2D eigenvalue weighted by Crippen LogP contribution is -2.12. The highest BCUT2D eigenvalue weighted by Gasteiger charge is 2.08. The zero-order valence-electron chi connectivity index (χ0n) is 10.7. The number of hydrogen-bond acceptors (Lipinski definition) is 6. The summed E-state index contributed by atoms with van der Waals surface area (Å²) in [5.74, 6) is 0. The molecule has 1 aromatic carbocycles. The quantitative estimate of drug-likeness (QED) is 0.863. The standard InChI is InChI=1S/C12H11ClN4O2S2/c13-11-10(7-14)20-12(17-11)16-6-5-8-1-3-9(4-2-8)21(15,18)19/h1-4H,5-6H2,(H,16,17)(H2,15,18,19). The summed E-state index contributed by atoms with van der Waals surface area (Å²) >= 11 is 6.96. The third-order valence-electron chi connectivity index (χ3n) is 2.63. The number of nitrogens with two attached hydrogens (primary N) is 1. The minimum absolute atomic E-state index is 0.0876. The van der Waals surface area contributed by atoms with Crippen LogP contribution in [0.25, 0.3) is 0 Å². The number of sulfonamides is 1. The summed E-state index contributed by atoms with van der Waals surface area (Å²) in [5, 5.41) is 17.6. The minimum atomic E-state index is -3.66. The molecule has 0 aliphatic heterocycles. The van der Waals surface area contributed by atoms with E-state index in [0.29, 0.717) is 23.0 Å². The second-order valence-electron chi connectivity index (χ2n) is 4.12. The molecule has 0 saturated heterocycles. The van der Waals surface area contributed by atoms with Gasteiger partial charge in [-0.2, -0.15) is 5.26 Å². The first-order chi connectivity index (χ1) is 9.90. The lowest BCUT2D eigenvalue weighted by molar-refractivity contribution is 0.598. The van der Waals surface area contributed by atoms with Gasteiger partial charge in [0.05, 0.1) is 4.90 Å². The van der Waals surface area contributed by atoms with Crippen molar-refractivity contribution in [2.45, 2.75) is 11.3 Å². The number of hydrogen-bond donors (Lipinski definition) is 2. The summed E-state index contributed by atoms with van der Waals surface area (Å²) in [6.45, 7) is 0.587. The molecule has 3 N–H and O–H groups in total. The number of thiazole rings is 1. The number of benzene rings is 1. The molecular formula is C12H11ClN4O2S2. The topological polar surface area (TPSA) is 109 Å². The highest BCUT2D eigenvalue weighted by atomic mass is 35.5. The van der Waals surface area contributed by atoms with Crippen molar-refractivity contribution in [3.8, 4) is 6.07 Å².